The molecule has 0 radical (unpaired) electrons. The quantitative estimate of drug-likeness (QED) is 0.364. The minimum atomic E-state index is -4.28. The summed E-state index contributed by atoms with van der Waals surface area (Å²) in [5, 5.41) is 3.23. The van der Waals surface area contributed by atoms with Crippen molar-refractivity contribution in [2.24, 2.45) is 0 Å². The summed E-state index contributed by atoms with van der Waals surface area (Å²) >= 11 is 0. The van der Waals surface area contributed by atoms with Crippen LogP contribution in [0.25, 0.3) is 0 Å². The summed E-state index contributed by atoms with van der Waals surface area (Å²) in [4.78, 5) is 2.12. The van der Waals surface area contributed by atoms with Gasteiger partial charge in [0.05, 0.1) is 10.9 Å². The molecule has 1 atom stereocenters. The van der Waals surface area contributed by atoms with Gasteiger partial charge in [-0.25, -0.2) is 0 Å². The van der Waals surface area contributed by atoms with Crippen molar-refractivity contribution in [1.29, 1.82) is 0 Å². The molecular weight excluding hydrogens is 420 g/mol. The van der Waals surface area contributed by atoms with Gasteiger partial charge in [0.1, 0.15) is 0 Å². The Morgan fingerprint density at radius 2 is 1.59 bits per heavy atom. The molecule has 1 unspecified atom stereocenters. The maximum Gasteiger partial charge on any atom is 0.294 e. The Kier molecular flexibility index (Phi) is 5.91. The summed E-state index contributed by atoms with van der Waals surface area (Å²) in [5.74, 6) is 0. The number of allylic oxidation sites excluding steroid dienone is 2. The number of hydrogen-bond acceptors (Lipinski definition) is 4. The zero-order chi connectivity index (χ0) is 22.8. The van der Waals surface area contributed by atoms with Gasteiger partial charge in [-0.15, -0.1) is 0 Å². The summed E-state index contributed by atoms with van der Waals surface area (Å²) in [6.45, 7) is 4.17. The van der Waals surface area contributed by atoms with E-state index in [9.17, 15) is 13.0 Å². The fourth-order valence-corrected chi connectivity index (χ4v) is 4.66. The van der Waals surface area contributed by atoms with Crippen LogP contribution >= 0.6 is 0 Å². The summed E-state index contributed by atoms with van der Waals surface area (Å²) < 4.78 is 33.1. The number of anilines is 3. The average Bonchev–Trinajstić information content (AvgIpc) is 3.00. The molecule has 3 aromatic carbocycles. The minimum Gasteiger partial charge on any atom is -0.362 e. The Bertz CT molecular complexity index is 1250. The lowest BCUT2D eigenvalue weighted by Crippen LogP contribution is -2.37. The lowest BCUT2D eigenvalue weighted by Gasteiger charge is -2.32. The Hall–Kier alpha value is -3.35. The molecule has 0 saturated heterocycles. The third-order valence-electron chi connectivity index (χ3n) is 5.80. The van der Waals surface area contributed by atoms with Crippen molar-refractivity contribution in [1.82, 2.24) is 0 Å². The van der Waals surface area contributed by atoms with E-state index in [0.717, 1.165) is 22.6 Å². The van der Waals surface area contributed by atoms with E-state index in [1.54, 1.807) is 12.1 Å². The maximum absolute atomic E-state index is 11.7. The van der Waals surface area contributed by atoms with Gasteiger partial charge >= 0.3 is 0 Å². The largest absolute Gasteiger partial charge is 0.362 e. The van der Waals surface area contributed by atoms with Gasteiger partial charge in [-0.1, -0.05) is 62.4 Å². The second kappa shape index (κ2) is 8.65. The van der Waals surface area contributed by atoms with Crippen molar-refractivity contribution < 1.29 is 13.0 Å². The molecule has 0 bridgehead atoms. The van der Waals surface area contributed by atoms with Gasteiger partial charge in [-0.2, -0.15) is 8.42 Å². The summed E-state index contributed by atoms with van der Waals surface area (Å²) in [6.07, 6.45) is 7.93. The van der Waals surface area contributed by atoms with Gasteiger partial charge in [0.25, 0.3) is 10.1 Å². The van der Waals surface area contributed by atoms with Gasteiger partial charge in [-0.3, -0.25) is 4.55 Å². The molecule has 3 aromatic rings. The molecule has 0 amide bonds. The van der Waals surface area contributed by atoms with E-state index in [1.165, 1.54) is 6.07 Å². The SMILES string of the molecule is CC1(C)c2cc(S(=O)(=O)O)ccc2N(c2ccccc2)C1C=CC=CNc1ccccc1. The first kappa shape index (κ1) is 21.9. The van der Waals surface area contributed by atoms with E-state index in [0.29, 0.717) is 0 Å². The highest BCUT2D eigenvalue weighted by Crippen LogP contribution is 2.49. The van der Waals surface area contributed by atoms with Crippen LogP contribution in [0.5, 0.6) is 0 Å². The molecule has 1 aliphatic rings. The van der Waals surface area contributed by atoms with Crippen LogP contribution in [0.1, 0.15) is 19.4 Å². The van der Waals surface area contributed by atoms with E-state index in [4.69, 9.17) is 0 Å². The molecule has 0 aromatic heterocycles. The third kappa shape index (κ3) is 4.33. The molecule has 6 heteroatoms. The van der Waals surface area contributed by atoms with E-state index in [1.807, 2.05) is 79.0 Å². The van der Waals surface area contributed by atoms with Crippen molar-refractivity contribution in [2.75, 3.05) is 10.2 Å². The van der Waals surface area contributed by atoms with Crippen LogP contribution < -0.4 is 10.2 Å². The predicted molar refractivity (Wildman–Crippen MR) is 130 cm³/mol. The first-order valence-corrected chi connectivity index (χ1v) is 11.8. The Morgan fingerprint density at radius 1 is 0.938 bits per heavy atom. The third-order valence-corrected chi connectivity index (χ3v) is 6.65. The maximum atomic E-state index is 11.7. The van der Waals surface area contributed by atoms with Crippen molar-refractivity contribution in [3.05, 3.63) is 109 Å². The molecule has 1 aliphatic heterocycles. The smallest absolute Gasteiger partial charge is 0.294 e. The zero-order valence-electron chi connectivity index (χ0n) is 18.0. The van der Waals surface area contributed by atoms with Crippen LogP contribution in [0.2, 0.25) is 0 Å². The summed E-state index contributed by atoms with van der Waals surface area (Å²) in [5.41, 5.74) is 3.42. The van der Waals surface area contributed by atoms with E-state index in [2.05, 4.69) is 30.1 Å². The fourth-order valence-electron chi connectivity index (χ4n) is 4.15. The predicted octanol–water partition coefficient (Wildman–Crippen LogP) is 5.91. The first-order valence-electron chi connectivity index (χ1n) is 10.4. The van der Waals surface area contributed by atoms with Gasteiger partial charge in [-0.05, 0) is 54.1 Å². The van der Waals surface area contributed by atoms with Crippen LogP contribution in [0.4, 0.5) is 17.1 Å². The van der Waals surface area contributed by atoms with Crippen LogP contribution in [-0.2, 0) is 15.5 Å². The number of fused-ring (bicyclic) bond motifs is 1. The average molecular weight is 447 g/mol. The van der Waals surface area contributed by atoms with Crippen molar-refractivity contribution in [3.63, 3.8) is 0 Å². The highest BCUT2D eigenvalue weighted by atomic mass is 32.2. The van der Waals surface area contributed by atoms with Crippen LogP contribution in [0.15, 0.2) is 108 Å². The molecular formula is C26H26N2O3S. The number of para-hydroxylation sites is 2. The number of nitrogens with zero attached hydrogens (tertiary/aromatic N) is 1. The van der Waals surface area contributed by atoms with Crippen LogP contribution in [0, 0.1) is 0 Å². The number of rotatable bonds is 6. The van der Waals surface area contributed by atoms with Gasteiger partial charge in [0, 0.05) is 28.7 Å². The van der Waals surface area contributed by atoms with Crippen molar-refractivity contribution in [3.8, 4) is 0 Å². The number of nitrogens with one attached hydrogen (secondary N) is 1. The van der Waals surface area contributed by atoms with E-state index >= 15 is 0 Å². The molecule has 32 heavy (non-hydrogen) atoms. The summed E-state index contributed by atoms with van der Waals surface area (Å²) in [6, 6.07) is 24.7. The molecule has 2 N–H and O–H groups in total. The Labute approximate surface area is 189 Å². The molecule has 0 fully saturated rings. The summed E-state index contributed by atoms with van der Waals surface area (Å²) in [7, 11) is -4.28. The number of benzene rings is 3. The number of hydrogen-bond donors (Lipinski definition) is 2. The minimum absolute atomic E-state index is 0.0575. The second-order valence-electron chi connectivity index (χ2n) is 8.28. The second-order valence-corrected chi connectivity index (χ2v) is 9.70. The Balaban J connectivity index is 1.69. The van der Waals surface area contributed by atoms with E-state index in [-0.39, 0.29) is 10.9 Å². The topological polar surface area (TPSA) is 69.6 Å². The molecule has 0 aliphatic carbocycles. The van der Waals surface area contributed by atoms with Crippen molar-refractivity contribution >= 4 is 27.2 Å². The van der Waals surface area contributed by atoms with Gasteiger partial charge in [0.15, 0.2) is 0 Å². The molecule has 1 heterocycles. The fraction of sp³-hybridized carbons (Fsp3) is 0.154. The van der Waals surface area contributed by atoms with Gasteiger partial charge in [0.2, 0.25) is 0 Å². The van der Waals surface area contributed by atoms with E-state index < -0.39 is 15.5 Å². The zero-order valence-corrected chi connectivity index (χ0v) is 18.8. The van der Waals surface area contributed by atoms with Crippen LogP contribution in [-0.4, -0.2) is 19.0 Å². The molecule has 164 valence electrons. The lowest BCUT2D eigenvalue weighted by molar-refractivity contribution is 0.480. The highest BCUT2D eigenvalue weighted by molar-refractivity contribution is 7.85. The molecule has 5 nitrogen and oxygen atoms in total. The normalized spacial score (nSPS) is 17.7. The molecule has 4 rings (SSSR count). The standard InChI is InChI=1S/C26H26N2O3S/c1-26(2)23-19-22(32(29,30)31)16-17-24(23)28(21-13-7-4-8-14-21)25(26)15-9-10-18-27-20-11-5-3-6-12-20/h3-19,25,27H,1-2H3,(H,29,30,31). The monoisotopic (exact) mass is 446 g/mol. The molecule has 0 saturated carbocycles. The van der Waals surface area contributed by atoms with Gasteiger partial charge < -0.3 is 10.2 Å². The highest BCUT2D eigenvalue weighted by Gasteiger charge is 2.44. The van der Waals surface area contributed by atoms with Crippen molar-refractivity contribution in [2.45, 2.75) is 30.2 Å². The Morgan fingerprint density at radius 3 is 2.25 bits per heavy atom. The lowest BCUT2D eigenvalue weighted by atomic mass is 9.80. The first-order chi connectivity index (χ1) is 15.3. The van der Waals surface area contributed by atoms with Crippen LogP contribution in [0.3, 0.4) is 0 Å². The molecule has 0 spiro atoms.